The molecule has 2 aromatic carbocycles. The quantitative estimate of drug-likeness (QED) is 0.564. The lowest BCUT2D eigenvalue weighted by molar-refractivity contribution is -0.117. The minimum atomic E-state index is -0.260. The third-order valence-electron chi connectivity index (χ3n) is 5.50. The molecule has 2 heterocycles. The summed E-state index contributed by atoms with van der Waals surface area (Å²) >= 11 is 1.91. The van der Waals surface area contributed by atoms with Crippen molar-refractivity contribution < 1.29 is 14.0 Å². The predicted octanol–water partition coefficient (Wildman–Crippen LogP) is 4.25. The van der Waals surface area contributed by atoms with Crippen LogP contribution in [-0.2, 0) is 11.3 Å². The van der Waals surface area contributed by atoms with Gasteiger partial charge in [-0.05, 0) is 36.8 Å². The number of hydrogen-bond acceptors (Lipinski definition) is 5. The molecule has 0 radical (unpaired) electrons. The summed E-state index contributed by atoms with van der Waals surface area (Å²) in [6.45, 7) is 3.49. The molecule has 4 rings (SSSR count). The molecule has 1 aromatic heterocycles. The Bertz CT molecular complexity index is 1050. The Morgan fingerprint density at radius 1 is 1.09 bits per heavy atom. The number of amides is 2. The summed E-state index contributed by atoms with van der Waals surface area (Å²) in [7, 11) is 0. The molecule has 7 heteroatoms. The van der Waals surface area contributed by atoms with Crippen molar-refractivity contribution in [2.24, 2.45) is 0 Å². The molecule has 1 unspecified atom stereocenters. The number of para-hydroxylation sites is 1. The minimum absolute atomic E-state index is 0.125. The Balaban J connectivity index is 1.41. The molecular formula is C25H27N3O3S. The number of aryl methyl sites for hydroxylation is 1. The number of benzene rings is 2. The zero-order valence-electron chi connectivity index (χ0n) is 18.0. The summed E-state index contributed by atoms with van der Waals surface area (Å²) in [6, 6.07) is 19.4. The predicted molar refractivity (Wildman–Crippen MR) is 128 cm³/mol. The highest BCUT2D eigenvalue weighted by Crippen LogP contribution is 2.29. The van der Waals surface area contributed by atoms with Crippen LogP contribution in [0.4, 0.5) is 5.69 Å². The summed E-state index contributed by atoms with van der Waals surface area (Å²) < 4.78 is 5.26. The zero-order valence-corrected chi connectivity index (χ0v) is 18.9. The van der Waals surface area contributed by atoms with Gasteiger partial charge >= 0.3 is 0 Å². The van der Waals surface area contributed by atoms with Crippen molar-refractivity contribution in [3.8, 4) is 0 Å². The first-order valence-electron chi connectivity index (χ1n) is 10.7. The molecule has 1 saturated heterocycles. The molecule has 3 aromatic rings. The zero-order chi connectivity index (χ0) is 22.3. The van der Waals surface area contributed by atoms with E-state index in [9.17, 15) is 9.59 Å². The number of nitrogens with zero attached hydrogens (tertiary/aromatic N) is 1. The van der Waals surface area contributed by atoms with Gasteiger partial charge in [0.2, 0.25) is 5.91 Å². The fraction of sp³-hybridized carbons (Fsp3) is 0.280. The molecule has 1 fully saturated rings. The Labute approximate surface area is 192 Å². The van der Waals surface area contributed by atoms with Crippen molar-refractivity contribution in [3.63, 3.8) is 0 Å². The van der Waals surface area contributed by atoms with Gasteiger partial charge in [0.25, 0.3) is 5.91 Å². The fourth-order valence-electron chi connectivity index (χ4n) is 3.76. The van der Waals surface area contributed by atoms with Crippen LogP contribution >= 0.6 is 11.8 Å². The van der Waals surface area contributed by atoms with Gasteiger partial charge in [0, 0.05) is 24.1 Å². The maximum Gasteiger partial charge on any atom is 0.253 e. The number of anilines is 1. The normalized spacial score (nSPS) is 16.5. The third kappa shape index (κ3) is 5.60. The van der Waals surface area contributed by atoms with Crippen molar-refractivity contribution in [1.82, 2.24) is 10.2 Å². The van der Waals surface area contributed by atoms with Gasteiger partial charge in [0.15, 0.2) is 0 Å². The molecule has 2 amide bonds. The summed E-state index contributed by atoms with van der Waals surface area (Å²) in [6.07, 6.45) is 1.57. The van der Waals surface area contributed by atoms with Gasteiger partial charge in [0.1, 0.15) is 5.76 Å². The molecular weight excluding hydrogens is 422 g/mol. The molecule has 32 heavy (non-hydrogen) atoms. The maximum atomic E-state index is 12.9. The topological polar surface area (TPSA) is 74.6 Å². The van der Waals surface area contributed by atoms with E-state index in [1.54, 1.807) is 36.6 Å². The highest BCUT2D eigenvalue weighted by atomic mass is 32.2. The van der Waals surface area contributed by atoms with E-state index in [2.05, 4.69) is 46.7 Å². The summed E-state index contributed by atoms with van der Waals surface area (Å²) in [5.41, 5.74) is 3.39. The van der Waals surface area contributed by atoms with Gasteiger partial charge in [-0.15, -0.1) is 0 Å². The number of furan rings is 1. The largest absolute Gasteiger partial charge is 0.467 e. The van der Waals surface area contributed by atoms with Crippen molar-refractivity contribution >= 4 is 29.3 Å². The number of nitrogens with one attached hydrogen (secondary N) is 2. The third-order valence-corrected chi connectivity index (χ3v) is 6.52. The van der Waals surface area contributed by atoms with E-state index < -0.39 is 0 Å². The molecule has 1 atom stereocenters. The van der Waals surface area contributed by atoms with E-state index in [1.807, 2.05) is 17.8 Å². The van der Waals surface area contributed by atoms with Gasteiger partial charge in [-0.3, -0.25) is 14.5 Å². The van der Waals surface area contributed by atoms with Crippen molar-refractivity contribution in [2.75, 3.05) is 29.9 Å². The monoisotopic (exact) mass is 449 g/mol. The Kier molecular flexibility index (Phi) is 7.29. The SMILES string of the molecule is Cc1ccc(C2CSCCN2CC(=O)Nc2ccccc2C(=O)NCc2ccco2)cc1. The molecule has 2 N–H and O–H groups in total. The first-order valence-corrected chi connectivity index (χ1v) is 11.8. The van der Waals surface area contributed by atoms with Crippen LogP contribution in [0.5, 0.6) is 0 Å². The molecule has 0 aliphatic carbocycles. The average Bonchev–Trinajstić information content (AvgIpc) is 3.33. The van der Waals surface area contributed by atoms with Gasteiger partial charge in [-0.2, -0.15) is 11.8 Å². The summed E-state index contributed by atoms with van der Waals surface area (Å²) in [5.74, 6) is 2.25. The van der Waals surface area contributed by atoms with E-state index in [-0.39, 0.29) is 30.9 Å². The number of hydrogen-bond donors (Lipinski definition) is 2. The van der Waals surface area contributed by atoms with E-state index in [0.29, 0.717) is 17.0 Å². The second-order valence-corrected chi connectivity index (χ2v) is 8.98. The summed E-state index contributed by atoms with van der Waals surface area (Å²) in [5, 5.41) is 5.77. The smallest absolute Gasteiger partial charge is 0.253 e. The van der Waals surface area contributed by atoms with E-state index in [0.717, 1.165) is 18.1 Å². The van der Waals surface area contributed by atoms with Crippen LogP contribution in [0, 0.1) is 6.92 Å². The van der Waals surface area contributed by atoms with Crippen LogP contribution < -0.4 is 10.6 Å². The lowest BCUT2D eigenvalue weighted by Gasteiger charge is -2.35. The molecule has 0 saturated carbocycles. The molecule has 0 bridgehead atoms. The molecule has 6 nitrogen and oxygen atoms in total. The lowest BCUT2D eigenvalue weighted by Crippen LogP contribution is -2.41. The van der Waals surface area contributed by atoms with Gasteiger partial charge in [-0.25, -0.2) is 0 Å². The minimum Gasteiger partial charge on any atom is -0.467 e. The standard InChI is InChI=1S/C25H27N3O3S/c1-18-8-10-19(11-9-18)23-17-32-14-12-28(23)16-24(29)27-22-7-3-2-6-21(22)25(30)26-15-20-5-4-13-31-20/h2-11,13,23H,12,14-17H2,1H3,(H,26,30)(H,27,29). The molecule has 1 aliphatic heterocycles. The maximum absolute atomic E-state index is 12.9. The van der Waals surface area contributed by atoms with E-state index >= 15 is 0 Å². The Morgan fingerprint density at radius 2 is 1.91 bits per heavy atom. The van der Waals surface area contributed by atoms with Crippen LogP contribution in [-0.4, -0.2) is 41.3 Å². The Hall–Kier alpha value is -3.03. The number of carbonyl (C=O) groups excluding carboxylic acids is 2. The van der Waals surface area contributed by atoms with Crippen LogP contribution in [0.1, 0.15) is 33.3 Å². The molecule has 166 valence electrons. The van der Waals surface area contributed by atoms with Gasteiger partial charge in [-0.1, -0.05) is 42.0 Å². The number of rotatable bonds is 7. The van der Waals surface area contributed by atoms with Crippen LogP contribution in [0.15, 0.2) is 71.3 Å². The second-order valence-electron chi connectivity index (χ2n) is 7.83. The van der Waals surface area contributed by atoms with Crippen molar-refractivity contribution in [2.45, 2.75) is 19.5 Å². The van der Waals surface area contributed by atoms with Gasteiger partial charge in [0.05, 0.1) is 30.6 Å². The van der Waals surface area contributed by atoms with Crippen molar-refractivity contribution in [1.29, 1.82) is 0 Å². The number of carbonyl (C=O) groups is 2. The number of thioether (sulfide) groups is 1. The summed E-state index contributed by atoms with van der Waals surface area (Å²) in [4.78, 5) is 27.8. The highest BCUT2D eigenvalue weighted by molar-refractivity contribution is 7.99. The Morgan fingerprint density at radius 3 is 2.69 bits per heavy atom. The average molecular weight is 450 g/mol. The first kappa shape index (κ1) is 22.2. The molecule has 0 spiro atoms. The van der Waals surface area contributed by atoms with Crippen LogP contribution in [0.25, 0.3) is 0 Å². The van der Waals surface area contributed by atoms with Crippen LogP contribution in [0.3, 0.4) is 0 Å². The lowest BCUT2D eigenvalue weighted by atomic mass is 10.0. The first-order chi connectivity index (χ1) is 15.6. The van der Waals surface area contributed by atoms with E-state index in [1.165, 1.54) is 11.1 Å². The molecule has 1 aliphatic rings. The second kappa shape index (κ2) is 10.5. The van der Waals surface area contributed by atoms with Crippen LogP contribution in [0.2, 0.25) is 0 Å². The van der Waals surface area contributed by atoms with E-state index in [4.69, 9.17) is 4.42 Å². The van der Waals surface area contributed by atoms with Gasteiger partial charge < -0.3 is 15.1 Å². The fourth-order valence-corrected chi connectivity index (χ4v) is 4.92. The van der Waals surface area contributed by atoms with Crippen molar-refractivity contribution in [3.05, 3.63) is 89.4 Å². The highest BCUT2D eigenvalue weighted by Gasteiger charge is 2.26.